The van der Waals surface area contributed by atoms with Crippen molar-refractivity contribution in [2.75, 3.05) is 19.7 Å². The van der Waals surface area contributed by atoms with Crippen LogP contribution < -0.4 is 0 Å². The first kappa shape index (κ1) is 11.5. The molecule has 1 fully saturated rings. The van der Waals surface area contributed by atoms with Crippen molar-refractivity contribution >= 4 is 5.97 Å². The Balaban J connectivity index is 2.43. The minimum atomic E-state index is -0.0159. The number of ether oxygens (including phenoxy) is 1. The number of likely N-dealkylation sites (tertiary alicyclic amines) is 1. The van der Waals surface area contributed by atoms with E-state index in [9.17, 15) is 4.79 Å². The predicted molar refractivity (Wildman–Crippen MR) is 56.1 cm³/mol. The van der Waals surface area contributed by atoms with Crippen LogP contribution in [0.2, 0.25) is 0 Å². The summed E-state index contributed by atoms with van der Waals surface area (Å²) >= 11 is 0. The zero-order valence-electron chi connectivity index (χ0n) is 9.45. The monoisotopic (exact) mass is 199 g/mol. The molecule has 1 aliphatic rings. The zero-order chi connectivity index (χ0) is 10.6. The van der Waals surface area contributed by atoms with E-state index in [2.05, 4.69) is 18.7 Å². The van der Waals surface area contributed by atoms with Gasteiger partial charge in [-0.2, -0.15) is 0 Å². The van der Waals surface area contributed by atoms with E-state index in [1.165, 1.54) is 0 Å². The van der Waals surface area contributed by atoms with E-state index in [4.69, 9.17) is 4.74 Å². The first-order valence-corrected chi connectivity index (χ1v) is 5.55. The van der Waals surface area contributed by atoms with Crippen LogP contribution in [-0.4, -0.2) is 36.6 Å². The Labute approximate surface area is 86.4 Å². The molecule has 0 N–H and O–H groups in total. The van der Waals surface area contributed by atoms with E-state index in [0.29, 0.717) is 12.6 Å². The molecule has 1 rings (SSSR count). The van der Waals surface area contributed by atoms with Gasteiger partial charge in [0.25, 0.3) is 0 Å². The Hall–Kier alpha value is -0.570. The van der Waals surface area contributed by atoms with Crippen LogP contribution in [0.15, 0.2) is 0 Å². The van der Waals surface area contributed by atoms with Crippen LogP contribution in [0.1, 0.15) is 33.6 Å². The first-order chi connectivity index (χ1) is 6.65. The van der Waals surface area contributed by atoms with Gasteiger partial charge < -0.3 is 9.64 Å². The van der Waals surface area contributed by atoms with Crippen LogP contribution in [0.3, 0.4) is 0 Å². The second kappa shape index (κ2) is 5.35. The maximum atomic E-state index is 11.5. The zero-order valence-corrected chi connectivity index (χ0v) is 9.45. The fourth-order valence-electron chi connectivity index (χ4n) is 1.93. The van der Waals surface area contributed by atoms with Gasteiger partial charge >= 0.3 is 5.97 Å². The summed E-state index contributed by atoms with van der Waals surface area (Å²) in [6.07, 6.45) is 2.10. The number of carbonyl (C=O) groups is 1. The third-order valence-corrected chi connectivity index (χ3v) is 2.80. The summed E-state index contributed by atoms with van der Waals surface area (Å²) in [7, 11) is 0. The van der Waals surface area contributed by atoms with Gasteiger partial charge in [-0.05, 0) is 40.2 Å². The van der Waals surface area contributed by atoms with Gasteiger partial charge in [0.2, 0.25) is 0 Å². The summed E-state index contributed by atoms with van der Waals surface area (Å²) < 4.78 is 5.04. The van der Waals surface area contributed by atoms with E-state index in [-0.39, 0.29) is 11.9 Å². The molecule has 0 bridgehead atoms. The molecule has 1 heterocycles. The van der Waals surface area contributed by atoms with Crippen LogP contribution in [0.5, 0.6) is 0 Å². The van der Waals surface area contributed by atoms with E-state index in [0.717, 1.165) is 25.9 Å². The molecule has 0 saturated carbocycles. The Bertz CT molecular complexity index is 192. The molecular weight excluding hydrogens is 178 g/mol. The second-order valence-corrected chi connectivity index (χ2v) is 4.18. The van der Waals surface area contributed by atoms with Crippen molar-refractivity contribution in [3.63, 3.8) is 0 Å². The van der Waals surface area contributed by atoms with Gasteiger partial charge in [0, 0.05) is 12.6 Å². The molecule has 14 heavy (non-hydrogen) atoms. The third kappa shape index (κ3) is 2.98. The summed E-state index contributed by atoms with van der Waals surface area (Å²) in [6, 6.07) is 0.534. The summed E-state index contributed by atoms with van der Waals surface area (Å²) in [5.74, 6) is 0.0870. The molecule has 1 aliphatic heterocycles. The number of esters is 1. The molecule has 0 radical (unpaired) electrons. The fourth-order valence-corrected chi connectivity index (χ4v) is 1.93. The van der Waals surface area contributed by atoms with Gasteiger partial charge in [-0.1, -0.05) is 0 Å². The highest BCUT2D eigenvalue weighted by molar-refractivity contribution is 5.72. The van der Waals surface area contributed by atoms with Gasteiger partial charge in [0.1, 0.15) is 0 Å². The van der Waals surface area contributed by atoms with E-state index < -0.39 is 0 Å². The molecule has 0 aromatic rings. The molecule has 0 amide bonds. The van der Waals surface area contributed by atoms with Crippen molar-refractivity contribution in [1.82, 2.24) is 4.90 Å². The van der Waals surface area contributed by atoms with Crippen molar-refractivity contribution in [2.24, 2.45) is 5.92 Å². The Morgan fingerprint density at radius 1 is 1.57 bits per heavy atom. The predicted octanol–water partition coefficient (Wildman–Crippen LogP) is 1.67. The maximum absolute atomic E-state index is 11.5. The van der Waals surface area contributed by atoms with Crippen molar-refractivity contribution in [2.45, 2.75) is 39.7 Å². The largest absolute Gasteiger partial charge is 0.466 e. The number of carbonyl (C=O) groups excluding carboxylic acids is 1. The standard InChI is InChI=1S/C11H21NO2/c1-4-14-11(13)10-6-5-7-12(8-10)9(2)3/h9-10H,4-8H2,1-3H3/t10-/m1/s1. The van der Waals surface area contributed by atoms with E-state index >= 15 is 0 Å². The Morgan fingerprint density at radius 3 is 2.86 bits per heavy atom. The number of hydrogen-bond donors (Lipinski definition) is 0. The second-order valence-electron chi connectivity index (χ2n) is 4.18. The SMILES string of the molecule is CCOC(=O)[C@@H]1CCCN(C(C)C)C1. The minimum Gasteiger partial charge on any atom is -0.466 e. The maximum Gasteiger partial charge on any atom is 0.310 e. The average molecular weight is 199 g/mol. The third-order valence-electron chi connectivity index (χ3n) is 2.80. The molecule has 82 valence electrons. The molecule has 0 unspecified atom stereocenters. The minimum absolute atomic E-state index is 0.0159. The van der Waals surface area contributed by atoms with Crippen molar-refractivity contribution < 1.29 is 9.53 Å². The lowest BCUT2D eigenvalue weighted by Gasteiger charge is -2.34. The van der Waals surface area contributed by atoms with Gasteiger partial charge in [-0.25, -0.2) is 0 Å². The topological polar surface area (TPSA) is 29.5 Å². The van der Waals surface area contributed by atoms with Gasteiger partial charge in [-0.3, -0.25) is 4.79 Å². The van der Waals surface area contributed by atoms with Crippen LogP contribution in [0, 0.1) is 5.92 Å². The van der Waals surface area contributed by atoms with Gasteiger partial charge in [-0.15, -0.1) is 0 Å². The smallest absolute Gasteiger partial charge is 0.310 e. The quantitative estimate of drug-likeness (QED) is 0.648. The first-order valence-electron chi connectivity index (χ1n) is 5.55. The molecule has 3 nitrogen and oxygen atoms in total. The molecule has 0 aromatic carbocycles. The van der Waals surface area contributed by atoms with E-state index in [1.807, 2.05) is 6.92 Å². The summed E-state index contributed by atoms with van der Waals surface area (Å²) in [4.78, 5) is 13.9. The van der Waals surface area contributed by atoms with Crippen molar-refractivity contribution in [3.05, 3.63) is 0 Å². The fraction of sp³-hybridized carbons (Fsp3) is 0.909. The molecule has 0 spiro atoms. The molecule has 1 atom stereocenters. The van der Waals surface area contributed by atoms with Crippen LogP contribution in [-0.2, 0) is 9.53 Å². The van der Waals surface area contributed by atoms with Crippen molar-refractivity contribution in [1.29, 1.82) is 0 Å². The number of nitrogens with zero attached hydrogens (tertiary/aromatic N) is 1. The molecule has 0 aliphatic carbocycles. The van der Waals surface area contributed by atoms with Crippen LogP contribution >= 0.6 is 0 Å². The summed E-state index contributed by atoms with van der Waals surface area (Å²) in [5.41, 5.74) is 0. The van der Waals surface area contributed by atoms with Gasteiger partial charge in [0.15, 0.2) is 0 Å². The van der Waals surface area contributed by atoms with Crippen LogP contribution in [0.25, 0.3) is 0 Å². The number of piperidine rings is 1. The molecule has 3 heteroatoms. The highest BCUT2D eigenvalue weighted by Crippen LogP contribution is 2.19. The number of hydrogen-bond acceptors (Lipinski definition) is 3. The lowest BCUT2D eigenvalue weighted by atomic mass is 9.97. The normalized spacial score (nSPS) is 23.9. The Kier molecular flexibility index (Phi) is 4.39. The highest BCUT2D eigenvalue weighted by atomic mass is 16.5. The number of rotatable bonds is 3. The Morgan fingerprint density at radius 2 is 2.29 bits per heavy atom. The lowest BCUT2D eigenvalue weighted by molar-refractivity contribution is -0.150. The lowest BCUT2D eigenvalue weighted by Crippen LogP contribution is -2.42. The van der Waals surface area contributed by atoms with Crippen LogP contribution in [0.4, 0.5) is 0 Å². The van der Waals surface area contributed by atoms with Gasteiger partial charge in [0.05, 0.1) is 12.5 Å². The molecule has 1 saturated heterocycles. The molecular formula is C11H21NO2. The highest BCUT2D eigenvalue weighted by Gasteiger charge is 2.27. The average Bonchev–Trinajstić information content (AvgIpc) is 2.18. The summed E-state index contributed by atoms with van der Waals surface area (Å²) in [5, 5.41) is 0. The molecule has 0 aromatic heterocycles. The summed E-state index contributed by atoms with van der Waals surface area (Å²) in [6.45, 7) is 8.70. The van der Waals surface area contributed by atoms with E-state index in [1.54, 1.807) is 0 Å². The van der Waals surface area contributed by atoms with Crippen molar-refractivity contribution in [3.8, 4) is 0 Å².